The number of sulfonamides is 1. The van der Waals surface area contributed by atoms with Crippen LogP contribution in [0.25, 0.3) is 0 Å². The molecule has 1 aliphatic heterocycles. The number of nitrogens with one attached hydrogen (secondary N) is 1. The predicted octanol–water partition coefficient (Wildman–Crippen LogP) is 1.68. The summed E-state index contributed by atoms with van der Waals surface area (Å²) in [4.78, 5) is 23.9. The Balaban J connectivity index is 1.96. The van der Waals surface area contributed by atoms with Gasteiger partial charge >= 0.3 is 5.97 Å². The molecule has 2 heterocycles. The number of hydrogen-bond acceptors (Lipinski definition) is 5. The summed E-state index contributed by atoms with van der Waals surface area (Å²) < 4.78 is 27.1. The van der Waals surface area contributed by atoms with Gasteiger partial charge in [-0.25, -0.2) is 8.42 Å². The van der Waals surface area contributed by atoms with Crippen LogP contribution in [0, 0.1) is 18.8 Å². The minimum atomic E-state index is -3.56. The summed E-state index contributed by atoms with van der Waals surface area (Å²) >= 11 is 1.23. The lowest BCUT2D eigenvalue weighted by molar-refractivity contribution is -0.138. The molecule has 25 heavy (non-hydrogen) atoms. The van der Waals surface area contributed by atoms with Crippen LogP contribution in [0.4, 0.5) is 0 Å². The van der Waals surface area contributed by atoms with E-state index in [-0.39, 0.29) is 31.3 Å². The van der Waals surface area contributed by atoms with E-state index in [2.05, 4.69) is 5.32 Å². The van der Waals surface area contributed by atoms with E-state index in [4.69, 9.17) is 5.11 Å². The Morgan fingerprint density at radius 1 is 1.44 bits per heavy atom. The molecule has 1 aliphatic rings. The number of hydrogen-bond donors (Lipinski definition) is 2. The normalized spacial score (nSPS) is 20.2. The molecule has 2 unspecified atom stereocenters. The molecule has 0 aromatic carbocycles. The second-order valence-corrected chi connectivity index (χ2v) is 9.97. The van der Waals surface area contributed by atoms with Crippen molar-refractivity contribution in [1.29, 1.82) is 0 Å². The second kappa shape index (κ2) is 8.29. The number of amides is 1. The lowest BCUT2D eigenvalue weighted by atomic mass is 9.98. The molecule has 2 atom stereocenters. The number of piperidine rings is 1. The number of carbonyl (C=O) groups is 2. The molecule has 0 bridgehead atoms. The fourth-order valence-corrected chi connectivity index (χ4v) is 5.80. The Bertz CT molecular complexity index is 729. The SMILES string of the molecule is Cc1ccc(S(=O)(=O)N2CCCC(C(=O)NCC(C)CC(=O)O)C2)s1. The van der Waals surface area contributed by atoms with Crippen LogP contribution < -0.4 is 5.32 Å². The molecule has 0 aliphatic carbocycles. The van der Waals surface area contributed by atoms with Gasteiger partial charge in [0.1, 0.15) is 4.21 Å². The first kappa shape index (κ1) is 19.9. The Labute approximate surface area is 152 Å². The fourth-order valence-electron chi connectivity index (χ4n) is 2.84. The van der Waals surface area contributed by atoms with Gasteiger partial charge in [-0.3, -0.25) is 9.59 Å². The van der Waals surface area contributed by atoms with Crippen molar-refractivity contribution >= 4 is 33.2 Å². The first-order chi connectivity index (χ1) is 11.7. The Morgan fingerprint density at radius 3 is 2.76 bits per heavy atom. The average Bonchev–Trinajstić information content (AvgIpc) is 2.99. The van der Waals surface area contributed by atoms with Gasteiger partial charge in [-0.05, 0) is 37.8 Å². The number of carbonyl (C=O) groups excluding carboxylic acids is 1. The van der Waals surface area contributed by atoms with E-state index in [1.54, 1.807) is 19.1 Å². The van der Waals surface area contributed by atoms with Gasteiger partial charge in [0.05, 0.1) is 5.92 Å². The zero-order valence-electron chi connectivity index (χ0n) is 14.4. The molecule has 9 heteroatoms. The first-order valence-electron chi connectivity index (χ1n) is 8.26. The summed E-state index contributed by atoms with van der Waals surface area (Å²) in [6, 6.07) is 3.38. The van der Waals surface area contributed by atoms with Gasteiger partial charge < -0.3 is 10.4 Å². The highest BCUT2D eigenvalue weighted by atomic mass is 32.2. The van der Waals surface area contributed by atoms with E-state index in [9.17, 15) is 18.0 Å². The van der Waals surface area contributed by atoms with Crippen molar-refractivity contribution in [2.24, 2.45) is 11.8 Å². The molecule has 140 valence electrons. The van der Waals surface area contributed by atoms with Gasteiger partial charge in [0.25, 0.3) is 10.0 Å². The van der Waals surface area contributed by atoms with Crippen molar-refractivity contribution in [3.05, 3.63) is 17.0 Å². The number of aryl methyl sites for hydroxylation is 1. The van der Waals surface area contributed by atoms with E-state index in [1.165, 1.54) is 15.6 Å². The maximum Gasteiger partial charge on any atom is 0.303 e. The lowest BCUT2D eigenvalue weighted by Crippen LogP contribution is -2.45. The van der Waals surface area contributed by atoms with Gasteiger partial charge in [-0.1, -0.05) is 6.92 Å². The van der Waals surface area contributed by atoms with Crippen molar-refractivity contribution < 1.29 is 23.1 Å². The summed E-state index contributed by atoms with van der Waals surface area (Å²) in [5.41, 5.74) is 0. The minimum Gasteiger partial charge on any atom is -0.481 e. The molecule has 1 amide bonds. The highest BCUT2D eigenvalue weighted by molar-refractivity contribution is 7.91. The number of aliphatic carboxylic acids is 1. The third kappa shape index (κ3) is 5.26. The third-order valence-electron chi connectivity index (χ3n) is 4.21. The summed E-state index contributed by atoms with van der Waals surface area (Å²) in [7, 11) is -3.56. The Morgan fingerprint density at radius 2 is 2.16 bits per heavy atom. The summed E-state index contributed by atoms with van der Waals surface area (Å²) in [5, 5.41) is 11.5. The monoisotopic (exact) mass is 388 g/mol. The molecule has 1 fully saturated rings. The zero-order chi connectivity index (χ0) is 18.6. The van der Waals surface area contributed by atoms with E-state index in [0.717, 1.165) is 4.88 Å². The van der Waals surface area contributed by atoms with Crippen LogP contribution >= 0.6 is 11.3 Å². The maximum absolute atomic E-state index is 12.7. The number of thiophene rings is 1. The highest BCUT2D eigenvalue weighted by Crippen LogP contribution is 2.28. The van der Waals surface area contributed by atoms with Crippen LogP contribution in [-0.4, -0.2) is 49.3 Å². The smallest absolute Gasteiger partial charge is 0.303 e. The quantitative estimate of drug-likeness (QED) is 0.740. The molecule has 7 nitrogen and oxygen atoms in total. The van der Waals surface area contributed by atoms with Crippen molar-refractivity contribution in [1.82, 2.24) is 9.62 Å². The summed E-state index contributed by atoms with van der Waals surface area (Å²) in [6.45, 7) is 4.47. The zero-order valence-corrected chi connectivity index (χ0v) is 16.0. The largest absolute Gasteiger partial charge is 0.481 e. The maximum atomic E-state index is 12.7. The molecule has 1 aromatic rings. The number of carboxylic acid groups (broad SMARTS) is 1. The fraction of sp³-hybridized carbons (Fsp3) is 0.625. The molecular formula is C16H24N2O5S2. The van der Waals surface area contributed by atoms with Crippen LogP contribution in [0.1, 0.15) is 31.1 Å². The van der Waals surface area contributed by atoms with E-state index < -0.39 is 21.9 Å². The van der Waals surface area contributed by atoms with Crippen LogP contribution in [0.2, 0.25) is 0 Å². The molecule has 0 radical (unpaired) electrons. The summed E-state index contributed by atoms with van der Waals surface area (Å²) in [5.74, 6) is -1.68. The Hall–Kier alpha value is -1.45. The van der Waals surface area contributed by atoms with Crippen LogP contribution in [-0.2, 0) is 19.6 Å². The molecule has 2 N–H and O–H groups in total. The number of nitrogens with zero attached hydrogens (tertiary/aromatic N) is 1. The Kier molecular flexibility index (Phi) is 6.59. The van der Waals surface area contributed by atoms with Crippen LogP contribution in [0.3, 0.4) is 0 Å². The number of carboxylic acids is 1. The molecular weight excluding hydrogens is 364 g/mol. The van der Waals surface area contributed by atoms with Gasteiger partial charge in [-0.2, -0.15) is 4.31 Å². The van der Waals surface area contributed by atoms with Crippen molar-refractivity contribution in [2.45, 2.75) is 37.3 Å². The standard InChI is InChI=1S/C16H24N2O5S2/c1-11(8-14(19)20)9-17-16(21)13-4-3-7-18(10-13)25(22,23)15-6-5-12(2)24-15/h5-6,11,13H,3-4,7-10H2,1-2H3,(H,17,21)(H,19,20). The van der Waals surface area contributed by atoms with Crippen molar-refractivity contribution in [3.8, 4) is 0 Å². The number of rotatable bonds is 7. The molecule has 1 saturated heterocycles. The molecule has 1 aromatic heterocycles. The molecule has 0 saturated carbocycles. The van der Waals surface area contributed by atoms with Gasteiger partial charge in [0.15, 0.2) is 0 Å². The highest BCUT2D eigenvalue weighted by Gasteiger charge is 2.34. The van der Waals surface area contributed by atoms with E-state index >= 15 is 0 Å². The van der Waals surface area contributed by atoms with Crippen LogP contribution in [0.5, 0.6) is 0 Å². The molecule has 0 spiro atoms. The van der Waals surface area contributed by atoms with Crippen molar-refractivity contribution in [3.63, 3.8) is 0 Å². The topological polar surface area (TPSA) is 104 Å². The first-order valence-corrected chi connectivity index (χ1v) is 10.5. The molecule has 2 rings (SSSR count). The van der Waals surface area contributed by atoms with Gasteiger partial charge in [0.2, 0.25) is 5.91 Å². The predicted molar refractivity (Wildman–Crippen MR) is 95.0 cm³/mol. The third-order valence-corrected chi connectivity index (χ3v) is 7.55. The van der Waals surface area contributed by atoms with Crippen molar-refractivity contribution in [2.75, 3.05) is 19.6 Å². The van der Waals surface area contributed by atoms with Gasteiger partial charge in [0, 0.05) is 30.9 Å². The van der Waals surface area contributed by atoms with E-state index in [0.29, 0.717) is 23.6 Å². The average molecular weight is 389 g/mol. The summed E-state index contributed by atoms with van der Waals surface area (Å²) in [6.07, 6.45) is 1.25. The van der Waals surface area contributed by atoms with E-state index in [1.807, 2.05) is 6.92 Å². The second-order valence-electron chi connectivity index (χ2n) is 6.52. The van der Waals surface area contributed by atoms with Gasteiger partial charge in [-0.15, -0.1) is 11.3 Å². The lowest BCUT2D eigenvalue weighted by Gasteiger charge is -2.31. The minimum absolute atomic E-state index is 0.0107. The van der Waals surface area contributed by atoms with Crippen LogP contribution in [0.15, 0.2) is 16.3 Å².